The van der Waals surface area contributed by atoms with Crippen molar-refractivity contribution < 1.29 is 23.7 Å². The fourth-order valence-electron chi connectivity index (χ4n) is 2.31. The molecule has 144 valence electrons. The second kappa shape index (κ2) is 9.82. The zero-order chi connectivity index (χ0) is 19.8. The Morgan fingerprint density at radius 1 is 1.07 bits per heavy atom. The number of nitrogens with zero attached hydrogens (tertiary/aromatic N) is 1. The van der Waals surface area contributed by atoms with Crippen molar-refractivity contribution in [1.82, 2.24) is 5.43 Å². The van der Waals surface area contributed by atoms with Gasteiger partial charge >= 0.3 is 0 Å². The quantitative estimate of drug-likeness (QED) is 0.504. The standard InChI is InChI=1S/C19H21BrN2O5/c1-5-27-18-14(20)8-12(9-17(18)26-4)11-21-22-19(23)13-6-7-15(24-2)16(10-13)25-3/h6-11H,5H2,1-4H3,(H,22,23)/b21-11+. The maximum atomic E-state index is 12.3. The summed E-state index contributed by atoms with van der Waals surface area (Å²) in [5, 5.41) is 3.99. The van der Waals surface area contributed by atoms with Crippen molar-refractivity contribution in [3.63, 3.8) is 0 Å². The first-order valence-electron chi connectivity index (χ1n) is 8.09. The molecule has 0 fully saturated rings. The first-order valence-corrected chi connectivity index (χ1v) is 8.89. The average Bonchev–Trinajstić information content (AvgIpc) is 2.69. The van der Waals surface area contributed by atoms with Crippen LogP contribution in [0.25, 0.3) is 0 Å². The first kappa shape index (κ1) is 20.6. The van der Waals surface area contributed by atoms with Crippen LogP contribution >= 0.6 is 15.9 Å². The molecule has 0 aliphatic rings. The van der Waals surface area contributed by atoms with Crippen molar-refractivity contribution in [3.05, 3.63) is 45.9 Å². The fourth-order valence-corrected chi connectivity index (χ4v) is 2.88. The maximum absolute atomic E-state index is 12.3. The van der Waals surface area contributed by atoms with Crippen LogP contribution in [0, 0.1) is 0 Å². The Morgan fingerprint density at radius 3 is 2.41 bits per heavy atom. The van der Waals surface area contributed by atoms with Crippen LogP contribution in [0.1, 0.15) is 22.8 Å². The molecule has 0 saturated heterocycles. The second-order valence-corrected chi connectivity index (χ2v) is 6.09. The molecule has 0 spiro atoms. The summed E-state index contributed by atoms with van der Waals surface area (Å²) in [6.07, 6.45) is 1.52. The van der Waals surface area contributed by atoms with E-state index in [1.165, 1.54) is 20.4 Å². The minimum atomic E-state index is -0.371. The van der Waals surface area contributed by atoms with Crippen LogP contribution < -0.4 is 24.4 Å². The molecular weight excluding hydrogens is 416 g/mol. The molecule has 0 unspecified atom stereocenters. The molecule has 0 heterocycles. The molecule has 0 radical (unpaired) electrons. The largest absolute Gasteiger partial charge is 0.493 e. The van der Waals surface area contributed by atoms with Gasteiger partial charge in [-0.05, 0) is 58.7 Å². The van der Waals surface area contributed by atoms with E-state index in [9.17, 15) is 4.79 Å². The lowest BCUT2D eigenvalue weighted by molar-refractivity contribution is 0.0954. The van der Waals surface area contributed by atoms with Crippen LogP contribution in [0.3, 0.4) is 0 Å². The Hall–Kier alpha value is -2.74. The third-order valence-electron chi connectivity index (χ3n) is 3.57. The van der Waals surface area contributed by atoms with E-state index in [4.69, 9.17) is 18.9 Å². The van der Waals surface area contributed by atoms with Gasteiger partial charge in [0, 0.05) is 5.56 Å². The van der Waals surface area contributed by atoms with Crippen molar-refractivity contribution in [2.45, 2.75) is 6.92 Å². The van der Waals surface area contributed by atoms with Gasteiger partial charge in [-0.3, -0.25) is 4.79 Å². The smallest absolute Gasteiger partial charge is 0.271 e. The number of carbonyl (C=O) groups is 1. The van der Waals surface area contributed by atoms with Gasteiger partial charge in [0.15, 0.2) is 23.0 Å². The fraction of sp³-hybridized carbons (Fsp3) is 0.263. The molecule has 7 nitrogen and oxygen atoms in total. The number of amides is 1. The summed E-state index contributed by atoms with van der Waals surface area (Å²) in [6, 6.07) is 8.45. The Labute approximate surface area is 166 Å². The Kier molecular flexibility index (Phi) is 7.48. The molecule has 0 aliphatic heterocycles. The number of carbonyl (C=O) groups excluding carboxylic acids is 1. The molecule has 2 aromatic carbocycles. The van der Waals surface area contributed by atoms with E-state index in [0.717, 1.165) is 10.0 Å². The van der Waals surface area contributed by atoms with Gasteiger partial charge in [0.2, 0.25) is 0 Å². The average molecular weight is 437 g/mol. The third-order valence-corrected chi connectivity index (χ3v) is 4.15. The van der Waals surface area contributed by atoms with Gasteiger partial charge in [0.25, 0.3) is 5.91 Å². The lowest BCUT2D eigenvalue weighted by Gasteiger charge is -2.12. The molecule has 1 amide bonds. The molecule has 0 aliphatic carbocycles. The summed E-state index contributed by atoms with van der Waals surface area (Å²) >= 11 is 3.45. The van der Waals surface area contributed by atoms with E-state index < -0.39 is 0 Å². The van der Waals surface area contributed by atoms with E-state index in [-0.39, 0.29) is 5.91 Å². The minimum absolute atomic E-state index is 0.371. The molecule has 0 bridgehead atoms. The molecule has 8 heteroatoms. The number of methoxy groups -OCH3 is 3. The summed E-state index contributed by atoms with van der Waals surface area (Å²) in [5.41, 5.74) is 3.61. The highest BCUT2D eigenvalue weighted by Gasteiger charge is 2.12. The van der Waals surface area contributed by atoms with Crippen molar-refractivity contribution in [2.24, 2.45) is 5.10 Å². The Morgan fingerprint density at radius 2 is 1.78 bits per heavy atom. The lowest BCUT2D eigenvalue weighted by atomic mass is 10.2. The van der Waals surface area contributed by atoms with Gasteiger partial charge in [-0.25, -0.2) is 5.43 Å². The van der Waals surface area contributed by atoms with Crippen LogP contribution in [0.4, 0.5) is 0 Å². The number of halogens is 1. The van der Waals surface area contributed by atoms with E-state index >= 15 is 0 Å². The van der Waals surface area contributed by atoms with Crippen molar-refractivity contribution in [2.75, 3.05) is 27.9 Å². The molecular formula is C19H21BrN2O5. The summed E-state index contributed by atoms with van der Waals surface area (Å²) in [6.45, 7) is 2.41. The summed E-state index contributed by atoms with van der Waals surface area (Å²) in [5.74, 6) is 1.83. The summed E-state index contributed by atoms with van der Waals surface area (Å²) in [4.78, 5) is 12.3. The van der Waals surface area contributed by atoms with Crippen molar-refractivity contribution in [3.8, 4) is 23.0 Å². The van der Waals surface area contributed by atoms with E-state index in [2.05, 4.69) is 26.5 Å². The van der Waals surface area contributed by atoms with Crippen LogP contribution in [0.5, 0.6) is 23.0 Å². The van der Waals surface area contributed by atoms with Gasteiger partial charge in [0.1, 0.15) is 0 Å². The number of hydrogen-bond acceptors (Lipinski definition) is 6. The zero-order valence-corrected chi connectivity index (χ0v) is 17.1. The number of hydrazone groups is 1. The van der Waals surface area contributed by atoms with Gasteiger partial charge in [-0.1, -0.05) is 0 Å². The molecule has 0 aromatic heterocycles. The maximum Gasteiger partial charge on any atom is 0.271 e. The van der Waals surface area contributed by atoms with Crippen LogP contribution in [0.2, 0.25) is 0 Å². The first-order chi connectivity index (χ1) is 13.0. The third kappa shape index (κ3) is 5.13. The predicted octanol–water partition coefficient (Wildman–Crippen LogP) is 3.64. The van der Waals surface area contributed by atoms with E-state index in [1.807, 2.05) is 13.0 Å². The van der Waals surface area contributed by atoms with E-state index in [0.29, 0.717) is 35.2 Å². The number of hydrogen-bond donors (Lipinski definition) is 1. The van der Waals surface area contributed by atoms with Gasteiger partial charge in [0.05, 0.1) is 38.6 Å². The number of nitrogens with one attached hydrogen (secondary N) is 1. The monoisotopic (exact) mass is 436 g/mol. The molecule has 27 heavy (non-hydrogen) atoms. The summed E-state index contributed by atoms with van der Waals surface area (Å²) in [7, 11) is 4.60. The van der Waals surface area contributed by atoms with E-state index in [1.54, 1.807) is 31.4 Å². The lowest BCUT2D eigenvalue weighted by Crippen LogP contribution is -2.17. The van der Waals surface area contributed by atoms with Crippen LogP contribution in [-0.4, -0.2) is 40.1 Å². The Bertz CT molecular complexity index is 839. The molecule has 1 N–H and O–H groups in total. The summed E-state index contributed by atoms with van der Waals surface area (Å²) < 4.78 is 22.0. The molecule has 2 aromatic rings. The molecule has 0 atom stereocenters. The molecule has 2 rings (SSSR count). The normalized spacial score (nSPS) is 10.6. The predicted molar refractivity (Wildman–Crippen MR) is 106 cm³/mol. The van der Waals surface area contributed by atoms with Crippen molar-refractivity contribution >= 4 is 28.1 Å². The SMILES string of the molecule is CCOc1c(Br)cc(/C=N/NC(=O)c2ccc(OC)c(OC)c2)cc1OC. The van der Waals surface area contributed by atoms with Gasteiger partial charge in [-0.15, -0.1) is 0 Å². The molecule has 0 saturated carbocycles. The highest BCUT2D eigenvalue weighted by Crippen LogP contribution is 2.36. The topological polar surface area (TPSA) is 78.4 Å². The number of benzene rings is 2. The number of ether oxygens (including phenoxy) is 4. The van der Waals surface area contributed by atoms with Gasteiger partial charge < -0.3 is 18.9 Å². The minimum Gasteiger partial charge on any atom is -0.493 e. The highest BCUT2D eigenvalue weighted by molar-refractivity contribution is 9.10. The van der Waals surface area contributed by atoms with Gasteiger partial charge in [-0.2, -0.15) is 5.10 Å². The number of rotatable bonds is 8. The van der Waals surface area contributed by atoms with Crippen molar-refractivity contribution in [1.29, 1.82) is 0 Å². The second-order valence-electron chi connectivity index (χ2n) is 5.24. The Balaban J connectivity index is 2.13. The van der Waals surface area contributed by atoms with Crippen LogP contribution in [-0.2, 0) is 0 Å². The highest BCUT2D eigenvalue weighted by atomic mass is 79.9. The zero-order valence-electron chi connectivity index (χ0n) is 15.5. The van der Waals surface area contributed by atoms with Crippen LogP contribution in [0.15, 0.2) is 39.9 Å².